The van der Waals surface area contributed by atoms with E-state index in [1.807, 2.05) is 25.3 Å². The highest BCUT2D eigenvalue weighted by molar-refractivity contribution is 5.26. The van der Waals surface area contributed by atoms with Crippen molar-refractivity contribution in [3.8, 4) is 5.75 Å². The summed E-state index contributed by atoms with van der Waals surface area (Å²) in [4.78, 5) is 10.9. The molecule has 2 aromatic rings. The monoisotopic (exact) mass is 400 g/mol. The molecule has 7 nitrogen and oxygen atoms in total. The highest BCUT2D eigenvalue weighted by Crippen LogP contribution is 2.29. The number of hydrogen-bond donors (Lipinski definition) is 0. The second-order valence-corrected chi connectivity index (χ2v) is 8.56. The minimum absolute atomic E-state index is 0.283. The van der Waals surface area contributed by atoms with Crippen LogP contribution < -0.4 is 9.64 Å². The van der Waals surface area contributed by atoms with E-state index in [-0.39, 0.29) is 12.0 Å². The van der Waals surface area contributed by atoms with Crippen LogP contribution in [0.4, 0.5) is 6.01 Å². The summed E-state index contributed by atoms with van der Waals surface area (Å²) in [5.74, 6) is 1.99. The Morgan fingerprint density at radius 2 is 1.72 bits per heavy atom. The average Bonchev–Trinajstić information content (AvgIpc) is 3.21. The Labute approximate surface area is 172 Å². The maximum atomic E-state index is 6.42. The molecule has 2 aliphatic rings. The fraction of sp³-hybridized carbons (Fsp3) is 0.682. The third-order valence-corrected chi connectivity index (χ3v) is 5.84. The maximum Gasteiger partial charge on any atom is 0.324 e. The summed E-state index contributed by atoms with van der Waals surface area (Å²) < 4.78 is 18.0. The van der Waals surface area contributed by atoms with Gasteiger partial charge in [-0.05, 0) is 51.5 Å². The zero-order valence-electron chi connectivity index (χ0n) is 17.7. The molecule has 4 rings (SSSR count). The van der Waals surface area contributed by atoms with Crippen LogP contribution in [0.25, 0.3) is 0 Å². The maximum absolute atomic E-state index is 6.42. The van der Waals surface area contributed by atoms with Crippen molar-refractivity contribution < 1.29 is 14.0 Å². The van der Waals surface area contributed by atoms with Crippen molar-refractivity contribution in [3.05, 3.63) is 29.8 Å². The Hall–Kier alpha value is -2.15. The quantitative estimate of drug-likeness (QED) is 0.717. The Balaban J connectivity index is 1.18. The summed E-state index contributed by atoms with van der Waals surface area (Å²) >= 11 is 0. The molecule has 158 valence electrons. The first kappa shape index (κ1) is 20.1. The number of hydrogen-bond acceptors (Lipinski definition) is 7. The van der Waals surface area contributed by atoms with E-state index in [2.05, 4.69) is 33.9 Å². The van der Waals surface area contributed by atoms with E-state index >= 15 is 0 Å². The Morgan fingerprint density at radius 1 is 1.03 bits per heavy atom. The lowest BCUT2D eigenvalue weighted by atomic mass is 9.94. The third-order valence-electron chi connectivity index (χ3n) is 5.84. The van der Waals surface area contributed by atoms with Gasteiger partial charge in [0.2, 0.25) is 0 Å². The van der Waals surface area contributed by atoms with E-state index in [1.165, 1.54) is 0 Å². The highest BCUT2D eigenvalue weighted by atomic mass is 16.5. The molecule has 0 aromatic carbocycles. The molecule has 0 radical (unpaired) electrons. The minimum Gasteiger partial charge on any atom is -0.490 e. The van der Waals surface area contributed by atoms with Crippen LogP contribution in [-0.4, -0.2) is 46.5 Å². The molecule has 2 aromatic heterocycles. The number of aromatic nitrogens is 3. The van der Waals surface area contributed by atoms with Crippen molar-refractivity contribution in [2.75, 3.05) is 18.0 Å². The lowest BCUT2D eigenvalue weighted by Crippen LogP contribution is -2.39. The molecular formula is C22H32N4O3. The second kappa shape index (κ2) is 9.11. The van der Waals surface area contributed by atoms with Crippen molar-refractivity contribution >= 4 is 6.01 Å². The van der Waals surface area contributed by atoms with Crippen LogP contribution in [0.1, 0.15) is 69.8 Å². The minimum atomic E-state index is 0.283. The van der Waals surface area contributed by atoms with Gasteiger partial charge in [0.05, 0.1) is 18.3 Å². The van der Waals surface area contributed by atoms with Gasteiger partial charge < -0.3 is 18.9 Å². The molecule has 1 saturated carbocycles. The van der Waals surface area contributed by atoms with Crippen LogP contribution in [0.2, 0.25) is 0 Å². The lowest BCUT2D eigenvalue weighted by molar-refractivity contribution is -0.0530. The van der Waals surface area contributed by atoms with E-state index in [4.69, 9.17) is 14.0 Å². The molecule has 1 aliphatic heterocycles. The number of nitrogens with zero attached hydrogens (tertiary/aromatic N) is 4. The van der Waals surface area contributed by atoms with E-state index in [0.717, 1.165) is 68.9 Å². The van der Waals surface area contributed by atoms with Gasteiger partial charge in [0.25, 0.3) is 0 Å². The number of piperidine rings is 1. The Bertz CT molecular complexity index is 778. The van der Waals surface area contributed by atoms with Crippen LogP contribution in [0.5, 0.6) is 5.75 Å². The summed E-state index contributed by atoms with van der Waals surface area (Å²) in [7, 11) is 0. The molecule has 1 saturated heterocycles. The fourth-order valence-electron chi connectivity index (χ4n) is 4.12. The second-order valence-electron chi connectivity index (χ2n) is 8.56. The molecule has 3 heterocycles. The first-order chi connectivity index (χ1) is 14.1. The molecule has 0 bridgehead atoms. The summed E-state index contributed by atoms with van der Waals surface area (Å²) in [6, 6.07) is 4.59. The Morgan fingerprint density at radius 3 is 2.38 bits per heavy atom. The standard InChI is InChI=1S/C22H32N4O3/c1-15(2)21-24-22(29-25-21)26-12-9-19(10-13-26)27-17-4-6-18(7-5-17)28-20-8-11-23-16(3)14-20/h8,11,14-15,17-19H,4-7,9-10,12-13H2,1-3H3/t17-,18-. The molecule has 0 unspecified atom stereocenters. The van der Waals surface area contributed by atoms with E-state index in [1.54, 1.807) is 0 Å². The van der Waals surface area contributed by atoms with Crippen molar-refractivity contribution in [2.24, 2.45) is 0 Å². The van der Waals surface area contributed by atoms with Crippen LogP contribution >= 0.6 is 0 Å². The number of pyridine rings is 1. The van der Waals surface area contributed by atoms with Gasteiger partial charge in [-0.2, -0.15) is 4.98 Å². The number of rotatable bonds is 6. The number of ether oxygens (including phenoxy) is 2. The van der Waals surface area contributed by atoms with Crippen LogP contribution in [0.3, 0.4) is 0 Å². The fourth-order valence-corrected chi connectivity index (χ4v) is 4.12. The van der Waals surface area contributed by atoms with Crippen molar-refractivity contribution in [1.82, 2.24) is 15.1 Å². The number of aryl methyl sites for hydroxylation is 1. The van der Waals surface area contributed by atoms with Gasteiger partial charge in [-0.15, -0.1) is 0 Å². The molecule has 0 amide bonds. The predicted octanol–water partition coefficient (Wildman–Crippen LogP) is 4.27. The van der Waals surface area contributed by atoms with Gasteiger partial charge in [-0.25, -0.2) is 0 Å². The van der Waals surface area contributed by atoms with Gasteiger partial charge in [0.1, 0.15) is 5.75 Å². The molecule has 2 fully saturated rings. The third kappa shape index (κ3) is 5.26. The van der Waals surface area contributed by atoms with E-state index < -0.39 is 0 Å². The van der Waals surface area contributed by atoms with Gasteiger partial charge in [-0.3, -0.25) is 4.98 Å². The normalized spacial score (nSPS) is 23.5. The lowest BCUT2D eigenvalue weighted by Gasteiger charge is -2.35. The van der Waals surface area contributed by atoms with Crippen molar-refractivity contribution in [1.29, 1.82) is 0 Å². The molecule has 0 N–H and O–H groups in total. The predicted molar refractivity (Wildman–Crippen MR) is 110 cm³/mol. The molecule has 0 atom stereocenters. The summed E-state index contributed by atoms with van der Waals surface area (Å²) in [5, 5.41) is 4.07. The van der Waals surface area contributed by atoms with Gasteiger partial charge in [-0.1, -0.05) is 19.0 Å². The first-order valence-electron chi connectivity index (χ1n) is 10.9. The van der Waals surface area contributed by atoms with Crippen LogP contribution in [0.15, 0.2) is 22.9 Å². The van der Waals surface area contributed by atoms with Gasteiger partial charge in [0.15, 0.2) is 5.82 Å². The van der Waals surface area contributed by atoms with E-state index in [9.17, 15) is 0 Å². The molecule has 7 heteroatoms. The summed E-state index contributed by atoms with van der Waals surface area (Å²) in [5.41, 5.74) is 0.992. The summed E-state index contributed by atoms with van der Waals surface area (Å²) in [6.07, 6.45) is 9.00. The molecule has 29 heavy (non-hydrogen) atoms. The Kier molecular flexibility index (Phi) is 6.33. The SMILES string of the molecule is Cc1cc(O[C@H]2CC[C@H](OC3CCN(c4nc(C(C)C)no4)CC3)CC2)ccn1. The largest absolute Gasteiger partial charge is 0.490 e. The zero-order valence-corrected chi connectivity index (χ0v) is 17.7. The van der Waals surface area contributed by atoms with Crippen molar-refractivity contribution in [2.45, 2.75) is 83.5 Å². The zero-order chi connectivity index (χ0) is 20.2. The topological polar surface area (TPSA) is 73.5 Å². The number of anilines is 1. The molecule has 0 spiro atoms. The molecular weight excluding hydrogens is 368 g/mol. The summed E-state index contributed by atoms with van der Waals surface area (Å²) in [6.45, 7) is 7.96. The first-order valence-corrected chi connectivity index (χ1v) is 10.9. The van der Waals surface area contributed by atoms with Crippen molar-refractivity contribution in [3.63, 3.8) is 0 Å². The smallest absolute Gasteiger partial charge is 0.324 e. The van der Waals surface area contributed by atoms with Gasteiger partial charge >= 0.3 is 6.01 Å². The average molecular weight is 401 g/mol. The van der Waals surface area contributed by atoms with Crippen LogP contribution in [-0.2, 0) is 4.74 Å². The van der Waals surface area contributed by atoms with E-state index in [0.29, 0.717) is 18.2 Å². The molecule has 1 aliphatic carbocycles. The van der Waals surface area contributed by atoms with Crippen LogP contribution in [0, 0.1) is 6.92 Å². The van der Waals surface area contributed by atoms with Gasteiger partial charge in [0, 0.05) is 37.0 Å². The highest BCUT2D eigenvalue weighted by Gasteiger charge is 2.29.